The van der Waals surface area contributed by atoms with Crippen molar-refractivity contribution in [2.45, 2.75) is 19.2 Å². The smallest absolute Gasteiger partial charge is 0.406 e. The molecule has 184 valence electrons. The average Bonchev–Trinajstić information content (AvgIpc) is 2.80. The summed E-state index contributed by atoms with van der Waals surface area (Å²) in [5.74, 6) is -0.0286. The van der Waals surface area contributed by atoms with E-state index in [1.165, 1.54) is 12.1 Å². The van der Waals surface area contributed by atoms with Gasteiger partial charge in [0.25, 0.3) is 0 Å². The monoisotopic (exact) mass is 500 g/mol. The van der Waals surface area contributed by atoms with Crippen LogP contribution in [0.4, 0.5) is 24.7 Å². The molecule has 1 aromatic carbocycles. The van der Waals surface area contributed by atoms with Gasteiger partial charge >= 0.3 is 6.36 Å². The van der Waals surface area contributed by atoms with Crippen LogP contribution in [0.5, 0.6) is 11.5 Å². The Morgan fingerprint density at radius 3 is 2.74 bits per heavy atom. The number of hydrogen-bond donors (Lipinski definition) is 2. The Morgan fingerprint density at radius 1 is 1.21 bits per heavy atom. The normalized spacial score (nSPS) is 16.6. The highest BCUT2D eigenvalue weighted by molar-refractivity contribution is 6.45. The topological polar surface area (TPSA) is 79.3 Å². The van der Waals surface area contributed by atoms with Crippen LogP contribution in [0.3, 0.4) is 0 Å². The second-order valence-electron chi connectivity index (χ2n) is 7.73. The van der Waals surface area contributed by atoms with E-state index in [2.05, 4.69) is 15.7 Å². The molecule has 0 unspecified atom stereocenters. The van der Waals surface area contributed by atoms with Gasteiger partial charge in [-0.25, -0.2) is 4.98 Å². The summed E-state index contributed by atoms with van der Waals surface area (Å²) >= 11 is 6.43. The number of alkyl halides is 3. The molecule has 0 radical (unpaired) electrons. The molecule has 12 heteroatoms. The zero-order valence-electron chi connectivity index (χ0n) is 18.1. The molecule has 0 spiro atoms. The number of anilines is 2. The highest BCUT2D eigenvalue weighted by Gasteiger charge is 2.32. The fourth-order valence-corrected chi connectivity index (χ4v) is 4.20. The van der Waals surface area contributed by atoms with Crippen molar-refractivity contribution in [2.24, 2.45) is 0 Å². The number of benzene rings is 1. The molecule has 2 N–H and O–H groups in total. The number of pyridine rings is 1. The van der Waals surface area contributed by atoms with Gasteiger partial charge in [0.2, 0.25) is 0 Å². The minimum atomic E-state index is -4.87. The van der Waals surface area contributed by atoms with Gasteiger partial charge in [0.1, 0.15) is 11.6 Å². The van der Waals surface area contributed by atoms with Crippen molar-refractivity contribution < 1.29 is 32.7 Å². The molecule has 2 heterocycles. The summed E-state index contributed by atoms with van der Waals surface area (Å²) in [6.45, 7) is 3.86. The SMILES string of the molecule is ONOc1cc(OC(F)(F)F)ccc1N(CCN1CCOCC1)c1ccc2c(n1)=C(Cl)CCC=2. The zero-order chi connectivity index (χ0) is 24.1. The zero-order valence-corrected chi connectivity index (χ0v) is 18.9. The number of rotatable bonds is 8. The Bertz CT molecular complexity index is 1130. The number of aromatic nitrogens is 1. The van der Waals surface area contributed by atoms with E-state index in [9.17, 15) is 13.2 Å². The summed E-state index contributed by atoms with van der Waals surface area (Å²) in [5, 5.41) is 11.4. The van der Waals surface area contributed by atoms with E-state index in [1.54, 1.807) is 10.5 Å². The van der Waals surface area contributed by atoms with Gasteiger partial charge in [-0.15, -0.1) is 13.2 Å². The fraction of sp³-hybridized carbons (Fsp3) is 0.409. The van der Waals surface area contributed by atoms with E-state index < -0.39 is 12.1 Å². The first kappa shape index (κ1) is 24.6. The maximum absolute atomic E-state index is 12.7. The van der Waals surface area contributed by atoms with Crippen molar-refractivity contribution in [3.8, 4) is 11.5 Å². The molecule has 0 atom stereocenters. The summed E-state index contributed by atoms with van der Waals surface area (Å²) in [4.78, 5) is 13.8. The Hall–Kier alpha value is -2.57. The lowest BCUT2D eigenvalue weighted by Crippen LogP contribution is -2.41. The average molecular weight is 501 g/mol. The van der Waals surface area contributed by atoms with E-state index in [-0.39, 0.29) is 5.75 Å². The first-order chi connectivity index (χ1) is 16.3. The number of nitrogens with zero attached hydrogens (tertiary/aromatic N) is 3. The van der Waals surface area contributed by atoms with Gasteiger partial charge in [-0.05, 0) is 48.0 Å². The van der Waals surface area contributed by atoms with E-state index in [0.29, 0.717) is 54.6 Å². The summed E-state index contributed by atoms with van der Waals surface area (Å²) in [6, 6.07) is 7.37. The molecule has 34 heavy (non-hydrogen) atoms. The molecule has 0 bridgehead atoms. The molecule has 1 saturated heterocycles. The number of ether oxygens (including phenoxy) is 2. The Balaban J connectivity index is 1.73. The Labute approximate surface area is 198 Å². The summed E-state index contributed by atoms with van der Waals surface area (Å²) in [5.41, 5.74) is 1.92. The fourth-order valence-electron chi connectivity index (χ4n) is 3.93. The second kappa shape index (κ2) is 10.8. The third-order valence-corrected chi connectivity index (χ3v) is 5.90. The maximum Gasteiger partial charge on any atom is 0.573 e. The molecule has 1 aromatic heterocycles. The van der Waals surface area contributed by atoms with Crippen molar-refractivity contribution in [3.05, 3.63) is 40.9 Å². The van der Waals surface area contributed by atoms with Gasteiger partial charge in [0.05, 0.1) is 24.3 Å². The maximum atomic E-state index is 12.7. The van der Waals surface area contributed by atoms with Crippen LogP contribution in [0.25, 0.3) is 11.1 Å². The first-order valence-corrected chi connectivity index (χ1v) is 11.1. The molecular formula is C22H24ClF3N4O4. The van der Waals surface area contributed by atoms with Gasteiger partial charge in [0, 0.05) is 37.3 Å². The number of hydrogen-bond acceptors (Lipinski definition) is 8. The molecule has 0 amide bonds. The van der Waals surface area contributed by atoms with Crippen LogP contribution in [-0.4, -0.2) is 60.8 Å². The minimum absolute atomic E-state index is 0.0765. The van der Waals surface area contributed by atoms with E-state index in [4.69, 9.17) is 31.4 Å². The van der Waals surface area contributed by atoms with Crippen molar-refractivity contribution in [1.29, 1.82) is 0 Å². The molecule has 1 fully saturated rings. The van der Waals surface area contributed by atoms with E-state index >= 15 is 0 Å². The predicted octanol–water partition coefficient (Wildman–Crippen LogP) is 2.64. The van der Waals surface area contributed by atoms with E-state index in [1.807, 2.05) is 12.1 Å². The molecule has 0 saturated carbocycles. The van der Waals surface area contributed by atoms with Gasteiger partial charge in [-0.2, -0.15) is 0 Å². The van der Waals surface area contributed by atoms with Gasteiger partial charge in [-0.3, -0.25) is 10.1 Å². The summed E-state index contributed by atoms with van der Waals surface area (Å²) < 4.78 is 47.6. The van der Waals surface area contributed by atoms with Crippen LogP contribution in [0.15, 0.2) is 30.3 Å². The Kier molecular flexibility index (Phi) is 7.79. The lowest BCUT2D eigenvalue weighted by atomic mass is 10.1. The lowest BCUT2D eigenvalue weighted by molar-refractivity contribution is -0.274. The van der Waals surface area contributed by atoms with Gasteiger partial charge in [-0.1, -0.05) is 17.7 Å². The van der Waals surface area contributed by atoms with Crippen LogP contribution < -0.4 is 30.7 Å². The molecule has 2 aliphatic rings. The highest BCUT2D eigenvalue weighted by atomic mass is 35.5. The Morgan fingerprint density at radius 2 is 2.00 bits per heavy atom. The molecule has 1 aliphatic heterocycles. The van der Waals surface area contributed by atoms with Crippen LogP contribution in [0.1, 0.15) is 12.8 Å². The van der Waals surface area contributed by atoms with Crippen molar-refractivity contribution in [2.75, 3.05) is 44.3 Å². The summed E-state index contributed by atoms with van der Waals surface area (Å²) in [6.07, 6.45) is -1.30. The van der Waals surface area contributed by atoms with Gasteiger partial charge in [0.15, 0.2) is 5.75 Å². The van der Waals surface area contributed by atoms with Crippen molar-refractivity contribution in [1.82, 2.24) is 15.5 Å². The largest absolute Gasteiger partial charge is 0.573 e. The highest BCUT2D eigenvalue weighted by Crippen LogP contribution is 2.37. The number of fused-ring (bicyclic) bond motifs is 1. The molecule has 4 rings (SSSR count). The van der Waals surface area contributed by atoms with Crippen LogP contribution in [0.2, 0.25) is 0 Å². The minimum Gasteiger partial charge on any atom is -0.406 e. The van der Waals surface area contributed by atoms with E-state index in [0.717, 1.165) is 30.8 Å². The first-order valence-electron chi connectivity index (χ1n) is 10.7. The number of halogens is 4. The molecule has 2 aromatic rings. The van der Waals surface area contributed by atoms with Crippen LogP contribution in [-0.2, 0) is 4.74 Å². The van der Waals surface area contributed by atoms with Crippen molar-refractivity contribution >= 4 is 34.2 Å². The number of nitrogens with one attached hydrogen (secondary N) is 1. The van der Waals surface area contributed by atoms with Gasteiger partial charge < -0.3 is 19.2 Å². The number of morpholine rings is 1. The third kappa shape index (κ3) is 6.10. The second-order valence-corrected chi connectivity index (χ2v) is 8.19. The molecule has 1 aliphatic carbocycles. The standard InChI is InChI=1S/C22H24ClF3N4O4/c23-17-3-1-2-15-4-7-20(27-21(15)17)30(9-8-29-10-12-32-13-11-29)18-6-5-16(33-22(24,25)26)14-19(18)34-28-31/h2,4-7,14,28,31H,1,3,8-13H2. The lowest BCUT2D eigenvalue weighted by Gasteiger charge is -2.31. The third-order valence-electron chi connectivity index (χ3n) is 5.53. The predicted molar refractivity (Wildman–Crippen MR) is 119 cm³/mol. The van der Waals surface area contributed by atoms with Crippen LogP contribution in [0, 0.1) is 0 Å². The quantitative estimate of drug-likeness (QED) is 0.536. The van der Waals surface area contributed by atoms with Crippen LogP contribution >= 0.6 is 11.6 Å². The summed E-state index contributed by atoms with van der Waals surface area (Å²) in [7, 11) is 0. The molecule has 8 nitrogen and oxygen atoms in total. The molecular weight excluding hydrogens is 477 g/mol. The van der Waals surface area contributed by atoms with Crippen molar-refractivity contribution in [3.63, 3.8) is 0 Å².